The number of aromatic nitrogens is 1. The number of carbonyl (C=O) groups is 2. The summed E-state index contributed by atoms with van der Waals surface area (Å²) in [4.78, 5) is 33.6. The third-order valence-corrected chi connectivity index (χ3v) is 7.89. The number of thiazole rings is 1. The van der Waals surface area contributed by atoms with Crippen LogP contribution in [0.15, 0.2) is 66.5 Å². The van der Waals surface area contributed by atoms with Gasteiger partial charge in [0.25, 0.3) is 5.91 Å². The second-order valence-electron chi connectivity index (χ2n) is 9.01. The second-order valence-corrected chi connectivity index (χ2v) is 10.0. The van der Waals surface area contributed by atoms with Crippen molar-refractivity contribution in [2.75, 3.05) is 11.5 Å². The van der Waals surface area contributed by atoms with E-state index in [2.05, 4.69) is 11.6 Å². The smallest absolute Gasteiger partial charge is 0.296 e. The highest BCUT2D eigenvalue weighted by Crippen LogP contribution is 2.49. The lowest BCUT2D eigenvalue weighted by molar-refractivity contribution is -0.131. The van der Waals surface area contributed by atoms with Gasteiger partial charge in [0.1, 0.15) is 24.3 Å². The summed E-state index contributed by atoms with van der Waals surface area (Å²) in [6.45, 7) is 4.04. The molecule has 6 nitrogen and oxygen atoms in total. The van der Waals surface area contributed by atoms with Gasteiger partial charge in [-0.25, -0.2) is 9.37 Å². The Morgan fingerprint density at radius 1 is 1.17 bits per heavy atom. The van der Waals surface area contributed by atoms with Crippen LogP contribution in [-0.4, -0.2) is 29.4 Å². The van der Waals surface area contributed by atoms with Crippen molar-refractivity contribution in [3.8, 4) is 5.75 Å². The highest BCUT2D eigenvalue weighted by atomic mass is 32.1. The van der Waals surface area contributed by atoms with Crippen molar-refractivity contribution in [3.63, 3.8) is 0 Å². The average Bonchev–Trinajstić information content (AvgIpc) is 3.41. The maximum absolute atomic E-state index is 13.8. The van der Waals surface area contributed by atoms with Gasteiger partial charge >= 0.3 is 0 Å². The fourth-order valence-corrected chi connectivity index (χ4v) is 6.27. The minimum Gasteiger partial charge on any atom is -0.490 e. The maximum Gasteiger partial charge on any atom is 0.296 e. The Kier molecular flexibility index (Phi) is 5.40. The monoisotopic (exact) mass is 490 g/mol. The second kappa shape index (κ2) is 8.61. The molecule has 0 N–H and O–H groups in total. The minimum atomic E-state index is -0.674. The Morgan fingerprint density at radius 2 is 1.97 bits per heavy atom. The van der Waals surface area contributed by atoms with Gasteiger partial charge in [-0.05, 0) is 55.2 Å². The Labute approximate surface area is 205 Å². The predicted octanol–water partition coefficient (Wildman–Crippen LogP) is 5.50. The third-order valence-electron chi connectivity index (χ3n) is 6.87. The third kappa shape index (κ3) is 3.63. The molecule has 0 bridgehead atoms. The molecule has 1 aliphatic carbocycles. The van der Waals surface area contributed by atoms with E-state index < -0.39 is 6.04 Å². The van der Waals surface area contributed by atoms with E-state index in [1.807, 2.05) is 24.3 Å². The normalized spacial score (nSPS) is 23.8. The first kappa shape index (κ1) is 22.0. The molecule has 3 atom stereocenters. The molecular formula is C27H23FN2O4S. The highest BCUT2D eigenvalue weighted by molar-refractivity contribution is 7.22. The molecule has 3 heterocycles. The number of nitrogens with zero attached hydrogens (tertiary/aromatic N) is 2. The van der Waals surface area contributed by atoms with Crippen LogP contribution in [0.25, 0.3) is 10.2 Å². The predicted molar refractivity (Wildman–Crippen MR) is 131 cm³/mol. The molecule has 0 saturated heterocycles. The molecule has 2 aliphatic heterocycles. The average molecular weight is 491 g/mol. The summed E-state index contributed by atoms with van der Waals surface area (Å²) in [5.74, 6) is -0.220. The Bertz CT molecular complexity index is 1380. The molecule has 178 valence electrons. The van der Waals surface area contributed by atoms with Gasteiger partial charge in [-0.3, -0.25) is 14.5 Å². The molecule has 3 aromatic rings. The summed E-state index contributed by atoms with van der Waals surface area (Å²) in [6.07, 6.45) is 4.88. The van der Waals surface area contributed by atoms with E-state index in [0.29, 0.717) is 33.3 Å². The Hall–Kier alpha value is -3.52. The van der Waals surface area contributed by atoms with E-state index in [0.717, 1.165) is 31.2 Å². The highest BCUT2D eigenvalue weighted by Gasteiger charge is 2.53. The van der Waals surface area contributed by atoms with Crippen LogP contribution in [-0.2, 0) is 14.3 Å². The number of hydrogen-bond donors (Lipinski definition) is 0. The number of Topliss-reactive ketones (excluding diaryl/α,β-unsaturated/α-hetero) is 1. The molecule has 3 aliphatic rings. The van der Waals surface area contributed by atoms with Crippen LogP contribution in [0.1, 0.15) is 37.3 Å². The molecule has 1 aromatic heterocycles. The van der Waals surface area contributed by atoms with Crippen molar-refractivity contribution in [1.29, 1.82) is 0 Å². The number of fused-ring (bicyclic) bond motifs is 2. The molecule has 1 amide bonds. The SMILES string of the molecule is C=CCOc1ccc(C2C3=C(OC4CCCCC4C3=O)C(=O)N2c2nc3ccc(F)cc3s2)cc1. The molecule has 6 rings (SSSR count). The van der Waals surface area contributed by atoms with Crippen LogP contribution < -0.4 is 9.64 Å². The molecular weight excluding hydrogens is 467 g/mol. The number of ether oxygens (including phenoxy) is 2. The van der Waals surface area contributed by atoms with Crippen LogP contribution in [0, 0.1) is 11.7 Å². The largest absolute Gasteiger partial charge is 0.490 e. The lowest BCUT2D eigenvalue weighted by atomic mass is 9.77. The first-order chi connectivity index (χ1) is 17.0. The van der Waals surface area contributed by atoms with Crippen molar-refractivity contribution in [2.24, 2.45) is 5.92 Å². The van der Waals surface area contributed by atoms with Gasteiger partial charge in [-0.2, -0.15) is 0 Å². The minimum absolute atomic E-state index is 0.0176. The molecule has 1 saturated carbocycles. The van der Waals surface area contributed by atoms with Gasteiger partial charge in [0.2, 0.25) is 0 Å². The number of halogens is 1. The van der Waals surface area contributed by atoms with Crippen molar-refractivity contribution in [2.45, 2.75) is 37.8 Å². The number of anilines is 1. The number of benzene rings is 2. The van der Waals surface area contributed by atoms with E-state index in [1.165, 1.54) is 28.4 Å². The van der Waals surface area contributed by atoms with Gasteiger partial charge < -0.3 is 9.47 Å². The fraction of sp³-hybridized carbons (Fsp3) is 0.296. The first-order valence-electron chi connectivity index (χ1n) is 11.7. The Balaban J connectivity index is 1.46. The number of amides is 1. The Morgan fingerprint density at radius 3 is 2.77 bits per heavy atom. The van der Waals surface area contributed by atoms with Crippen LogP contribution in [0.2, 0.25) is 0 Å². The van der Waals surface area contributed by atoms with Crippen LogP contribution >= 0.6 is 11.3 Å². The lowest BCUT2D eigenvalue weighted by Gasteiger charge is -2.35. The van der Waals surface area contributed by atoms with Crippen molar-refractivity contribution < 1.29 is 23.5 Å². The standard InChI is InChI=1S/C27H23FN2O4S/c1-2-13-33-17-10-7-15(8-11-17)23-22-24(31)18-5-3-4-6-20(18)34-25(22)26(32)30(23)27-29-19-12-9-16(28)14-21(19)35-27/h2,7-12,14,18,20,23H,1,3-6,13H2. The topological polar surface area (TPSA) is 68.7 Å². The fourth-order valence-electron chi connectivity index (χ4n) is 5.25. The maximum atomic E-state index is 13.8. The van der Waals surface area contributed by atoms with Crippen LogP contribution in [0.3, 0.4) is 0 Å². The van der Waals surface area contributed by atoms with Crippen molar-refractivity contribution in [3.05, 3.63) is 77.8 Å². The summed E-state index contributed by atoms with van der Waals surface area (Å²) in [5, 5.41) is 0.404. The van der Waals surface area contributed by atoms with Gasteiger partial charge in [0.15, 0.2) is 16.7 Å². The number of rotatable bonds is 5. The molecule has 0 radical (unpaired) electrons. The zero-order chi connectivity index (χ0) is 24.1. The van der Waals surface area contributed by atoms with Crippen LogP contribution in [0.5, 0.6) is 5.75 Å². The summed E-state index contributed by atoms with van der Waals surface area (Å²) in [5.41, 5.74) is 1.74. The molecule has 8 heteroatoms. The summed E-state index contributed by atoms with van der Waals surface area (Å²) < 4.78 is 26.3. The molecule has 1 fully saturated rings. The number of carbonyl (C=O) groups excluding carboxylic acids is 2. The summed E-state index contributed by atoms with van der Waals surface area (Å²) in [7, 11) is 0. The number of ketones is 1. The van der Waals surface area contributed by atoms with Crippen molar-refractivity contribution >= 4 is 38.4 Å². The van der Waals surface area contributed by atoms with E-state index in [9.17, 15) is 14.0 Å². The van der Waals surface area contributed by atoms with Gasteiger partial charge in [0, 0.05) is 0 Å². The van der Waals surface area contributed by atoms with Gasteiger partial charge in [-0.15, -0.1) is 0 Å². The zero-order valence-corrected chi connectivity index (χ0v) is 19.7. The van der Waals surface area contributed by atoms with Crippen molar-refractivity contribution in [1.82, 2.24) is 4.98 Å². The lowest BCUT2D eigenvalue weighted by Crippen LogP contribution is -2.39. The molecule has 0 spiro atoms. The van der Waals surface area contributed by atoms with E-state index in [-0.39, 0.29) is 35.3 Å². The van der Waals surface area contributed by atoms with E-state index in [4.69, 9.17) is 9.47 Å². The molecule has 3 unspecified atom stereocenters. The van der Waals surface area contributed by atoms with Crippen LogP contribution in [0.4, 0.5) is 9.52 Å². The molecule has 2 aromatic carbocycles. The van der Waals surface area contributed by atoms with E-state index >= 15 is 0 Å². The number of hydrogen-bond acceptors (Lipinski definition) is 6. The quantitative estimate of drug-likeness (QED) is 0.442. The van der Waals surface area contributed by atoms with Gasteiger partial charge in [0.05, 0.1) is 27.7 Å². The van der Waals surface area contributed by atoms with E-state index in [1.54, 1.807) is 12.1 Å². The molecule has 35 heavy (non-hydrogen) atoms. The first-order valence-corrected chi connectivity index (χ1v) is 12.5. The summed E-state index contributed by atoms with van der Waals surface area (Å²) >= 11 is 1.22. The zero-order valence-electron chi connectivity index (χ0n) is 18.9. The summed E-state index contributed by atoms with van der Waals surface area (Å²) in [6, 6.07) is 11.0. The van der Waals surface area contributed by atoms with Gasteiger partial charge in [-0.1, -0.05) is 42.5 Å².